The first-order chi connectivity index (χ1) is 9.74. The third-order valence-electron chi connectivity index (χ3n) is 3.78. The number of nitrogens with one attached hydrogen (secondary N) is 1. The molecule has 1 unspecified atom stereocenters. The Morgan fingerprint density at radius 1 is 1.38 bits per heavy atom. The SMILES string of the molecule is Cc1ccccc1C(C)(C)CNC(=O)N(C)CCC(C)O. The van der Waals surface area contributed by atoms with Gasteiger partial charge >= 0.3 is 6.03 Å². The molecule has 118 valence electrons. The molecule has 0 saturated carbocycles. The van der Waals surface area contributed by atoms with Gasteiger partial charge in [0, 0.05) is 25.6 Å². The van der Waals surface area contributed by atoms with Crippen LogP contribution in [-0.2, 0) is 5.41 Å². The zero-order valence-corrected chi connectivity index (χ0v) is 13.8. The normalized spacial score (nSPS) is 12.9. The van der Waals surface area contributed by atoms with E-state index in [2.05, 4.69) is 38.2 Å². The predicted octanol–water partition coefficient (Wildman–Crippen LogP) is 2.68. The fourth-order valence-corrected chi connectivity index (χ4v) is 2.34. The number of hydrogen-bond acceptors (Lipinski definition) is 2. The molecule has 2 amide bonds. The minimum absolute atomic E-state index is 0.0997. The minimum atomic E-state index is -0.386. The van der Waals surface area contributed by atoms with Gasteiger partial charge in [-0.3, -0.25) is 0 Å². The lowest BCUT2D eigenvalue weighted by Crippen LogP contribution is -2.44. The highest BCUT2D eigenvalue weighted by Gasteiger charge is 2.23. The largest absolute Gasteiger partial charge is 0.393 e. The Hall–Kier alpha value is -1.55. The van der Waals surface area contributed by atoms with E-state index in [4.69, 9.17) is 0 Å². The van der Waals surface area contributed by atoms with E-state index >= 15 is 0 Å². The van der Waals surface area contributed by atoms with E-state index in [1.54, 1.807) is 18.9 Å². The Labute approximate surface area is 128 Å². The molecule has 0 aliphatic heterocycles. The molecule has 0 radical (unpaired) electrons. The summed E-state index contributed by atoms with van der Waals surface area (Å²) >= 11 is 0. The van der Waals surface area contributed by atoms with Crippen LogP contribution in [-0.4, -0.2) is 42.3 Å². The molecule has 1 aromatic carbocycles. The van der Waals surface area contributed by atoms with E-state index in [0.717, 1.165) is 0 Å². The van der Waals surface area contributed by atoms with Crippen molar-refractivity contribution >= 4 is 6.03 Å². The van der Waals surface area contributed by atoms with E-state index < -0.39 is 0 Å². The number of aliphatic hydroxyl groups is 1. The third-order valence-corrected chi connectivity index (χ3v) is 3.78. The molecule has 0 fully saturated rings. The molecule has 4 nitrogen and oxygen atoms in total. The van der Waals surface area contributed by atoms with Gasteiger partial charge in [0.25, 0.3) is 0 Å². The second-order valence-corrected chi connectivity index (χ2v) is 6.42. The monoisotopic (exact) mass is 292 g/mol. The number of carbonyl (C=O) groups is 1. The van der Waals surface area contributed by atoms with Gasteiger partial charge in [-0.2, -0.15) is 0 Å². The zero-order valence-electron chi connectivity index (χ0n) is 13.8. The van der Waals surface area contributed by atoms with E-state index in [0.29, 0.717) is 19.5 Å². The van der Waals surface area contributed by atoms with E-state index in [9.17, 15) is 9.90 Å². The van der Waals surface area contributed by atoms with Gasteiger partial charge in [-0.1, -0.05) is 38.1 Å². The van der Waals surface area contributed by atoms with E-state index in [1.807, 2.05) is 12.1 Å². The number of aryl methyl sites for hydroxylation is 1. The summed E-state index contributed by atoms with van der Waals surface area (Å²) in [6.07, 6.45) is 0.203. The number of carbonyl (C=O) groups excluding carboxylic acids is 1. The maximum atomic E-state index is 12.1. The molecule has 1 rings (SSSR count). The summed E-state index contributed by atoms with van der Waals surface area (Å²) in [5.41, 5.74) is 2.36. The van der Waals surface area contributed by atoms with Gasteiger partial charge in [-0.15, -0.1) is 0 Å². The van der Waals surface area contributed by atoms with Crippen LogP contribution >= 0.6 is 0 Å². The van der Waals surface area contributed by atoms with Crippen LogP contribution in [0.25, 0.3) is 0 Å². The maximum Gasteiger partial charge on any atom is 0.317 e. The zero-order chi connectivity index (χ0) is 16.0. The first-order valence-corrected chi connectivity index (χ1v) is 7.47. The topological polar surface area (TPSA) is 52.6 Å². The summed E-state index contributed by atoms with van der Waals surface area (Å²) < 4.78 is 0. The molecule has 1 aromatic rings. The number of nitrogens with zero attached hydrogens (tertiary/aromatic N) is 1. The Morgan fingerprint density at radius 3 is 2.57 bits per heavy atom. The highest BCUT2D eigenvalue weighted by molar-refractivity contribution is 5.74. The lowest BCUT2D eigenvalue weighted by atomic mass is 9.82. The summed E-state index contributed by atoms with van der Waals surface area (Å²) in [7, 11) is 1.75. The van der Waals surface area contributed by atoms with Crippen molar-refractivity contribution in [3.05, 3.63) is 35.4 Å². The number of aliphatic hydroxyl groups excluding tert-OH is 1. The van der Waals surface area contributed by atoms with E-state index in [-0.39, 0.29) is 17.6 Å². The van der Waals surface area contributed by atoms with Gasteiger partial charge in [0.15, 0.2) is 0 Å². The van der Waals surface area contributed by atoms with Crippen LogP contribution in [0.4, 0.5) is 4.79 Å². The predicted molar refractivity (Wildman–Crippen MR) is 86.5 cm³/mol. The number of rotatable bonds is 6. The van der Waals surface area contributed by atoms with Crippen LogP contribution in [0.5, 0.6) is 0 Å². The third kappa shape index (κ3) is 5.38. The van der Waals surface area contributed by atoms with Crippen molar-refractivity contribution in [3.8, 4) is 0 Å². The number of amides is 2. The fourth-order valence-electron chi connectivity index (χ4n) is 2.34. The lowest BCUT2D eigenvalue weighted by Gasteiger charge is -2.29. The van der Waals surface area contributed by atoms with Gasteiger partial charge in [-0.05, 0) is 31.4 Å². The molecule has 4 heteroatoms. The highest BCUT2D eigenvalue weighted by atomic mass is 16.3. The van der Waals surface area contributed by atoms with Crippen molar-refractivity contribution in [2.45, 2.75) is 45.6 Å². The second-order valence-electron chi connectivity index (χ2n) is 6.42. The molecular weight excluding hydrogens is 264 g/mol. The van der Waals surface area contributed by atoms with Crippen LogP contribution < -0.4 is 5.32 Å². The standard InChI is InChI=1S/C17H28N2O2/c1-13-8-6-7-9-15(13)17(3,4)12-18-16(21)19(5)11-10-14(2)20/h6-9,14,20H,10-12H2,1-5H3,(H,18,21). The average molecular weight is 292 g/mol. The number of benzene rings is 1. The molecule has 0 aliphatic carbocycles. The summed E-state index contributed by atoms with van der Waals surface area (Å²) in [6, 6.07) is 8.15. The van der Waals surface area contributed by atoms with Crippen LogP contribution in [0, 0.1) is 6.92 Å². The second kappa shape index (κ2) is 7.46. The van der Waals surface area contributed by atoms with Crippen LogP contribution in [0.1, 0.15) is 38.3 Å². The van der Waals surface area contributed by atoms with Crippen molar-refractivity contribution in [2.75, 3.05) is 20.1 Å². The maximum absolute atomic E-state index is 12.1. The Balaban J connectivity index is 2.57. The molecule has 0 bridgehead atoms. The minimum Gasteiger partial charge on any atom is -0.393 e. The van der Waals surface area contributed by atoms with Gasteiger partial charge in [-0.25, -0.2) is 4.79 Å². The molecule has 0 saturated heterocycles. The summed E-state index contributed by atoms with van der Waals surface area (Å²) in [5.74, 6) is 0. The summed E-state index contributed by atoms with van der Waals surface area (Å²) in [5, 5.41) is 12.2. The first-order valence-electron chi connectivity index (χ1n) is 7.47. The average Bonchev–Trinajstić information content (AvgIpc) is 2.42. The molecule has 1 atom stereocenters. The van der Waals surface area contributed by atoms with Crippen molar-refractivity contribution in [1.29, 1.82) is 0 Å². The molecular formula is C17H28N2O2. The molecule has 0 aromatic heterocycles. The van der Waals surface area contributed by atoms with Crippen LogP contribution in [0.15, 0.2) is 24.3 Å². The molecule has 0 spiro atoms. The molecule has 21 heavy (non-hydrogen) atoms. The van der Waals surface area contributed by atoms with Gasteiger partial charge in [0.05, 0.1) is 6.10 Å². The van der Waals surface area contributed by atoms with Gasteiger partial charge in [0.2, 0.25) is 0 Å². The number of urea groups is 1. The van der Waals surface area contributed by atoms with Gasteiger partial charge in [0.1, 0.15) is 0 Å². The van der Waals surface area contributed by atoms with Crippen molar-refractivity contribution in [1.82, 2.24) is 10.2 Å². The fraction of sp³-hybridized carbons (Fsp3) is 0.588. The van der Waals surface area contributed by atoms with Crippen LogP contribution in [0.3, 0.4) is 0 Å². The summed E-state index contributed by atoms with van der Waals surface area (Å²) in [6.45, 7) is 9.21. The first kappa shape index (κ1) is 17.5. The highest BCUT2D eigenvalue weighted by Crippen LogP contribution is 2.25. The van der Waals surface area contributed by atoms with Crippen LogP contribution in [0.2, 0.25) is 0 Å². The van der Waals surface area contributed by atoms with Gasteiger partial charge < -0.3 is 15.3 Å². The number of hydrogen-bond donors (Lipinski definition) is 2. The molecule has 2 N–H and O–H groups in total. The lowest BCUT2D eigenvalue weighted by molar-refractivity contribution is 0.163. The van der Waals surface area contributed by atoms with E-state index in [1.165, 1.54) is 11.1 Å². The molecule has 0 heterocycles. The quantitative estimate of drug-likeness (QED) is 0.847. The Morgan fingerprint density at radius 2 is 2.00 bits per heavy atom. The smallest absolute Gasteiger partial charge is 0.317 e. The summed E-state index contributed by atoms with van der Waals surface area (Å²) in [4.78, 5) is 13.7. The van der Waals surface area contributed by atoms with Crippen molar-refractivity contribution in [2.24, 2.45) is 0 Å². The molecule has 0 aliphatic rings. The Kier molecular flexibility index (Phi) is 6.21. The van der Waals surface area contributed by atoms with Crippen molar-refractivity contribution < 1.29 is 9.90 Å². The Bertz CT molecular complexity index is 470. The van der Waals surface area contributed by atoms with Crippen molar-refractivity contribution in [3.63, 3.8) is 0 Å².